The van der Waals surface area contributed by atoms with Crippen molar-refractivity contribution in [1.82, 2.24) is 4.98 Å². The molecule has 1 aromatic carbocycles. The van der Waals surface area contributed by atoms with Crippen molar-refractivity contribution >= 4 is 11.5 Å². The van der Waals surface area contributed by atoms with E-state index in [1.54, 1.807) is 24.3 Å². The third-order valence-electron chi connectivity index (χ3n) is 2.59. The van der Waals surface area contributed by atoms with Crippen LogP contribution >= 0.6 is 0 Å². The number of halogens is 2. The number of rotatable bonds is 4. The molecule has 1 aromatic heterocycles. The quantitative estimate of drug-likeness (QED) is 0.740. The molecular formula is C13H13F2N3O. The normalized spacial score (nSPS) is 12.2. The summed E-state index contributed by atoms with van der Waals surface area (Å²) in [7, 11) is 0. The lowest BCUT2D eigenvalue weighted by Gasteiger charge is -2.13. The van der Waals surface area contributed by atoms with Gasteiger partial charge in [-0.25, -0.2) is 13.8 Å². The molecule has 1 unspecified atom stereocenters. The number of hydrogen-bond donors (Lipinski definition) is 3. The molecule has 0 saturated heterocycles. The number of nitrogens with one attached hydrogen (secondary N) is 1. The monoisotopic (exact) mass is 265 g/mol. The second-order valence-corrected chi connectivity index (χ2v) is 4.05. The zero-order valence-corrected chi connectivity index (χ0v) is 9.98. The first-order valence-electron chi connectivity index (χ1n) is 5.64. The molecule has 0 fully saturated rings. The molecule has 19 heavy (non-hydrogen) atoms. The van der Waals surface area contributed by atoms with Crippen molar-refractivity contribution in [2.75, 3.05) is 17.6 Å². The van der Waals surface area contributed by atoms with Crippen molar-refractivity contribution < 1.29 is 13.9 Å². The number of nitrogen functional groups attached to an aromatic ring is 1. The van der Waals surface area contributed by atoms with Crippen molar-refractivity contribution in [3.63, 3.8) is 0 Å². The lowest BCUT2D eigenvalue weighted by Crippen LogP contribution is -2.14. The number of pyridine rings is 1. The van der Waals surface area contributed by atoms with Gasteiger partial charge in [-0.05, 0) is 17.7 Å². The molecule has 1 atom stereocenters. The molecule has 4 N–H and O–H groups in total. The summed E-state index contributed by atoms with van der Waals surface area (Å²) < 4.78 is 26.0. The third-order valence-corrected chi connectivity index (χ3v) is 2.59. The van der Waals surface area contributed by atoms with Gasteiger partial charge in [0.05, 0.1) is 12.3 Å². The fourth-order valence-corrected chi connectivity index (χ4v) is 1.57. The maximum Gasteiger partial charge on any atom is 0.168 e. The highest BCUT2D eigenvalue weighted by Gasteiger charge is 2.10. The summed E-state index contributed by atoms with van der Waals surface area (Å²) >= 11 is 0. The van der Waals surface area contributed by atoms with Gasteiger partial charge in [0, 0.05) is 18.3 Å². The van der Waals surface area contributed by atoms with Crippen molar-refractivity contribution in [3.05, 3.63) is 53.7 Å². The summed E-state index contributed by atoms with van der Waals surface area (Å²) in [6, 6.07) is 7.40. The Labute approximate surface area is 108 Å². The van der Waals surface area contributed by atoms with Crippen molar-refractivity contribution in [1.29, 1.82) is 0 Å². The van der Waals surface area contributed by atoms with Gasteiger partial charge in [-0.15, -0.1) is 0 Å². The van der Waals surface area contributed by atoms with Gasteiger partial charge >= 0.3 is 0 Å². The summed E-state index contributed by atoms with van der Waals surface area (Å²) in [5, 5.41) is 12.5. The number of aromatic nitrogens is 1. The van der Waals surface area contributed by atoms with E-state index in [0.717, 1.165) is 12.3 Å². The van der Waals surface area contributed by atoms with Crippen molar-refractivity contribution in [2.24, 2.45) is 0 Å². The molecule has 0 saturated carbocycles. The van der Waals surface area contributed by atoms with Crippen LogP contribution in [0, 0.1) is 11.6 Å². The van der Waals surface area contributed by atoms with E-state index in [4.69, 9.17) is 5.73 Å². The molecule has 6 heteroatoms. The van der Waals surface area contributed by atoms with Crippen LogP contribution < -0.4 is 11.1 Å². The van der Waals surface area contributed by atoms with E-state index in [2.05, 4.69) is 10.3 Å². The molecular weight excluding hydrogens is 252 g/mol. The predicted octanol–water partition coefficient (Wildman–Crippen LogP) is 2.09. The van der Waals surface area contributed by atoms with Crippen LogP contribution in [-0.4, -0.2) is 16.6 Å². The number of aliphatic hydroxyl groups is 1. The van der Waals surface area contributed by atoms with Crippen molar-refractivity contribution in [2.45, 2.75) is 6.10 Å². The fraction of sp³-hybridized carbons (Fsp3) is 0.154. The summed E-state index contributed by atoms with van der Waals surface area (Å²) in [6.45, 7) is 0.0550. The maximum absolute atomic E-state index is 13.3. The van der Waals surface area contributed by atoms with Crippen LogP contribution in [0.25, 0.3) is 0 Å². The predicted molar refractivity (Wildman–Crippen MR) is 68.5 cm³/mol. The largest absolute Gasteiger partial charge is 0.399 e. The SMILES string of the molecule is Nc1ccc(C(O)CNc2ncc(F)cc2F)cc1. The zero-order chi connectivity index (χ0) is 13.8. The minimum Gasteiger partial charge on any atom is -0.399 e. The Balaban J connectivity index is 2.00. The van der Waals surface area contributed by atoms with E-state index >= 15 is 0 Å². The fourth-order valence-electron chi connectivity index (χ4n) is 1.57. The summed E-state index contributed by atoms with van der Waals surface area (Å²) in [4.78, 5) is 3.57. The Kier molecular flexibility index (Phi) is 3.91. The average molecular weight is 265 g/mol. The van der Waals surface area contributed by atoms with Gasteiger partial charge < -0.3 is 16.2 Å². The molecule has 0 aliphatic heterocycles. The first kappa shape index (κ1) is 13.2. The molecule has 4 nitrogen and oxygen atoms in total. The van der Waals surface area contributed by atoms with Crippen molar-refractivity contribution in [3.8, 4) is 0 Å². The van der Waals surface area contributed by atoms with Gasteiger partial charge in [-0.2, -0.15) is 0 Å². The van der Waals surface area contributed by atoms with Crippen LogP contribution in [0.4, 0.5) is 20.3 Å². The van der Waals surface area contributed by atoms with Gasteiger partial charge in [0.15, 0.2) is 11.6 Å². The van der Waals surface area contributed by atoms with Crippen LogP contribution in [-0.2, 0) is 0 Å². The highest BCUT2D eigenvalue weighted by molar-refractivity contribution is 5.41. The highest BCUT2D eigenvalue weighted by Crippen LogP contribution is 2.17. The molecule has 0 aliphatic rings. The summed E-state index contributed by atoms with van der Waals surface area (Å²) in [5.41, 5.74) is 6.77. The Morgan fingerprint density at radius 2 is 1.95 bits per heavy atom. The summed E-state index contributed by atoms with van der Waals surface area (Å²) in [6.07, 6.45) is 0.0629. The average Bonchev–Trinajstić information content (AvgIpc) is 2.38. The molecule has 0 amide bonds. The molecule has 0 aliphatic carbocycles. The van der Waals surface area contributed by atoms with E-state index in [0.29, 0.717) is 11.3 Å². The topological polar surface area (TPSA) is 71.2 Å². The molecule has 100 valence electrons. The molecule has 0 radical (unpaired) electrons. The third kappa shape index (κ3) is 3.38. The highest BCUT2D eigenvalue weighted by atomic mass is 19.1. The van der Waals surface area contributed by atoms with Crippen LogP contribution in [0.5, 0.6) is 0 Å². The van der Waals surface area contributed by atoms with E-state index < -0.39 is 17.7 Å². The van der Waals surface area contributed by atoms with Crippen LogP contribution in [0.1, 0.15) is 11.7 Å². The van der Waals surface area contributed by atoms with E-state index in [-0.39, 0.29) is 12.4 Å². The number of nitrogens with two attached hydrogens (primary N) is 1. The Morgan fingerprint density at radius 3 is 2.58 bits per heavy atom. The molecule has 0 bridgehead atoms. The number of aliphatic hydroxyl groups excluding tert-OH is 1. The Hall–Kier alpha value is -2.21. The number of anilines is 2. The van der Waals surface area contributed by atoms with E-state index in [1.807, 2.05) is 0 Å². The zero-order valence-electron chi connectivity index (χ0n) is 9.98. The second-order valence-electron chi connectivity index (χ2n) is 4.05. The van der Waals surface area contributed by atoms with Gasteiger partial charge in [0.2, 0.25) is 0 Å². The van der Waals surface area contributed by atoms with Crippen LogP contribution in [0.3, 0.4) is 0 Å². The van der Waals surface area contributed by atoms with E-state index in [9.17, 15) is 13.9 Å². The van der Waals surface area contributed by atoms with E-state index in [1.165, 1.54) is 0 Å². The van der Waals surface area contributed by atoms with Crippen LogP contribution in [0.15, 0.2) is 36.5 Å². The standard InChI is InChI=1S/C13H13F2N3O/c14-9-5-11(15)13(17-6-9)18-7-12(19)8-1-3-10(16)4-2-8/h1-6,12,19H,7,16H2,(H,17,18). The molecule has 2 aromatic rings. The van der Waals surface area contributed by atoms with Gasteiger partial charge in [-0.3, -0.25) is 0 Å². The molecule has 0 spiro atoms. The van der Waals surface area contributed by atoms with Crippen LogP contribution in [0.2, 0.25) is 0 Å². The first-order valence-corrected chi connectivity index (χ1v) is 5.64. The maximum atomic E-state index is 13.3. The number of hydrogen-bond acceptors (Lipinski definition) is 4. The smallest absolute Gasteiger partial charge is 0.168 e. The minimum absolute atomic E-state index is 0.0550. The molecule has 2 rings (SSSR count). The van der Waals surface area contributed by atoms with Gasteiger partial charge in [-0.1, -0.05) is 12.1 Å². The lowest BCUT2D eigenvalue weighted by molar-refractivity contribution is 0.191. The number of nitrogens with zero attached hydrogens (tertiary/aromatic N) is 1. The Morgan fingerprint density at radius 1 is 1.26 bits per heavy atom. The van der Waals surface area contributed by atoms with Gasteiger partial charge in [0.1, 0.15) is 5.82 Å². The first-order chi connectivity index (χ1) is 9.06. The van der Waals surface area contributed by atoms with Gasteiger partial charge in [0.25, 0.3) is 0 Å². The second kappa shape index (κ2) is 5.62. The lowest BCUT2D eigenvalue weighted by atomic mass is 10.1. The number of benzene rings is 1. The Bertz CT molecular complexity index is 560. The summed E-state index contributed by atoms with van der Waals surface area (Å²) in [5.74, 6) is -1.65. The minimum atomic E-state index is -0.841. The molecule has 1 heterocycles.